The minimum atomic E-state index is -3.97. The molecule has 5 N–H and O–H groups in total. The Labute approximate surface area is 190 Å². The van der Waals surface area contributed by atoms with Crippen LogP contribution in [0, 0.1) is 0 Å². The number of nitrogens with two attached hydrogens (primary N) is 1. The monoisotopic (exact) mass is 489 g/mol. The van der Waals surface area contributed by atoms with E-state index >= 15 is 0 Å². The first kappa shape index (κ1) is 25.7. The molecular formula is C20H28ClN3O5S2. The molecule has 1 fully saturated rings. The van der Waals surface area contributed by atoms with Crippen LogP contribution in [-0.2, 0) is 25.6 Å². The summed E-state index contributed by atoms with van der Waals surface area (Å²) in [6.45, 7) is 2.65. The van der Waals surface area contributed by atoms with Gasteiger partial charge in [-0.25, -0.2) is 26.7 Å². The van der Waals surface area contributed by atoms with Crippen LogP contribution in [0.4, 0.5) is 0 Å². The highest BCUT2D eigenvalue weighted by Crippen LogP contribution is 2.28. The van der Waals surface area contributed by atoms with E-state index < -0.39 is 25.6 Å². The maximum Gasteiger partial charge on any atom is 0.240 e. The van der Waals surface area contributed by atoms with Crippen molar-refractivity contribution < 1.29 is 39.2 Å². The summed E-state index contributed by atoms with van der Waals surface area (Å²) in [5.41, 5.74) is 0.152. The molecule has 0 radical (unpaired) electrons. The van der Waals surface area contributed by atoms with Crippen LogP contribution in [-0.4, -0.2) is 48.1 Å². The van der Waals surface area contributed by atoms with Crippen molar-refractivity contribution >= 4 is 20.0 Å². The first-order valence-corrected chi connectivity index (χ1v) is 12.9. The lowest BCUT2D eigenvalue weighted by atomic mass is 9.84. The summed E-state index contributed by atoms with van der Waals surface area (Å²) in [7, 11) is -7.79. The zero-order valence-electron chi connectivity index (χ0n) is 17.0. The molecule has 0 saturated carbocycles. The Morgan fingerprint density at radius 3 is 2.19 bits per heavy atom. The van der Waals surface area contributed by atoms with Gasteiger partial charge in [-0.05, 0) is 23.8 Å². The fraction of sp³-hybridized carbons (Fsp3) is 0.400. The molecule has 0 spiro atoms. The number of rotatable bonds is 8. The molecule has 172 valence electrons. The number of likely N-dealkylation sites (tertiary alicyclic amines) is 1. The van der Waals surface area contributed by atoms with Crippen molar-refractivity contribution in [3.63, 3.8) is 0 Å². The van der Waals surface area contributed by atoms with Gasteiger partial charge in [0, 0.05) is 25.8 Å². The summed E-state index contributed by atoms with van der Waals surface area (Å²) in [5, 5.41) is 16.0. The van der Waals surface area contributed by atoms with E-state index in [1.165, 1.54) is 23.1 Å². The highest BCUT2D eigenvalue weighted by Gasteiger charge is 2.35. The normalized spacial score (nSPS) is 21.9. The third kappa shape index (κ3) is 6.72. The molecule has 8 nitrogen and oxygen atoms in total. The molecule has 0 unspecified atom stereocenters. The zero-order chi connectivity index (χ0) is 21.8. The van der Waals surface area contributed by atoms with Crippen molar-refractivity contribution in [2.24, 2.45) is 5.14 Å². The maximum absolute atomic E-state index is 12.4. The first-order chi connectivity index (χ1) is 14.1. The molecule has 11 heteroatoms. The topological polar surface area (TPSA) is 131 Å². The van der Waals surface area contributed by atoms with Gasteiger partial charge < -0.3 is 22.4 Å². The first-order valence-electron chi connectivity index (χ1n) is 9.84. The van der Waals surface area contributed by atoms with Crippen LogP contribution in [0.15, 0.2) is 64.4 Å². The van der Waals surface area contributed by atoms with E-state index in [1.54, 1.807) is 0 Å². The largest absolute Gasteiger partial charge is 1.00 e. The van der Waals surface area contributed by atoms with Crippen LogP contribution in [0.2, 0.25) is 0 Å². The molecule has 1 aliphatic heterocycles. The third-order valence-corrected chi connectivity index (χ3v) is 7.91. The Morgan fingerprint density at radius 2 is 1.58 bits per heavy atom. The summed E-state index contributed by atoms with van der Waals surface area (Å²) in [6.07, 6.45) is 1.96. The number of halogens is 1. The van der Waals surface area contributed by atoms with Gasteiger partial charge in [-0.1, -0.05) is 36.4 Å². The Balaban J connectivity index is 0.00000341. The van der Waals surface area contributed by atoms with Gasteiger partial charge in [0.15, 0.2) is 0 Å². The second kappa shape index (κ2) is 10.4. The number of nitrogens with one attached hydrogen (secondary N) is 2. The van der Waals surface area contributed by atoms with Gasteiger partial charge in [-0.3, -0.25) is 0 Å². The molecular weight excluding hydrogens is 462 g/mol. The second-order valence-electron chi connectivity index (χ2n) is 7.67. The number of benzene rings is 2. The standard InChI is InChI=1S/C20H27N3O5S2.ClH/c21-29(25,26)18-8-4-9-19(16-18)30(27,28)22-12-5-13-23-14-10-20(24,11-15-23)17-6-2-1-3-7-17;/h1-4,6-9,16,22,24H,5,10-15H2,(H2,21,25,26);1H. The Kier molecular flexibility index (Phi) is 8.62. The Bertz CT molecular complexity index is 1070. The zero-order valence-corrected chi connectivity index (χ0v) is 19.4. The molecule has 1 aliphatic rings. The molecule has 2 aromatic carbocycles. The molecule has 0 atom stereocenters. The molecule has 0 aromatic heterocycles. The van der Waals surface area contributed by atoms with E-state index in [1.807, 2.05) is 30.3 Å². The van der Waals surface area contributed by atoms with Crippen molar-refractivity contribution in [1.82, 2.24) is 4.72 Å². The highest BCUT2D eigenvalue weighted by atomic mass is 35.5. The van der Waals surface area contributed by atoms with E-state index in [4.69, 9.17) is 5.14 Å². The number of hydrogen-bond donors (Lipinski definition) is 4. The lowest BCUT2D eigenvalue weighted by molar-refractivity contribution is -0.908. The van der Waals surface area contributed by atoms with E-state index in [9.17, 15) is 21.9 Å². The predicted molar refractivity (Wildman–Crippen MR) is 113 cm³/mol. The van der Waals surface area contributed by atoms with Crippen molar-refractivity contribution in [3.8, 4) is 0 Å². The van der Waals surface area contributed by atoms with Crippen molar-refractivity contribution in [2.45, 2.75) is 34.7 Å². The van der Waals surface area contributed by atoms with Gasteiger partial charge in [-0.2, -0.15) is 0 Å². The van der Waals surface area contributed by atoms with Gasteiger partial charge in [0.25, 0.3) is 0 Å². The molecule has 31 heavy (non-hydrogen) atoms. The minimum Gasteiger partial charge on any atom is -1.00 e. The summed E-state index contributed by atoms with van der Waals surface area (Å²) < 4.78 is 50.2. The lowest BCUT2D eigenvalue weighted by Crippen LogP contribution is -3.13. The SMILES string of the molecule is NS(=O)(=O)c1cccc(S(=O)(=O)NCCC[NH+]2CCC(O)(c3ccccc3)CC2)c1.[Cl-]. The smallest absolute Gasteiger partial charge is 0.240 e. The number of sulfonamides is 2. The molecule has 0 aliphatic carbocycles. The van der Waals surface area contributed by atoms with Crippen LogP contribution >= 0.6 is 0 Å². The fourth-order valence-corrected chi connectivity index (χ4v) is 5.50. The van der Waals surface area contributed by atoms with Crippen LogP contribution in [0.3, 0.4) is 0 Å². The van der Waals surface area contributed by atoms with Gasteiger partial charge in [0.05, 0.1) is 29.4 Å². The number of aliphatic hydroxyl groups is 1. The summed E-state index contributed by atoms with van der Waals surface area (Å²) in [4.78, 5) is 0.951. The molecule has 0 bridgehead atoms. The second-order valence-corrected chi connectivity index (χ2v) is 11.0. The van der Waals surface area contributed by atoms with Crippen molar-refractivity contribution in [1.29, 1.82) is 0 Å². The van der Waals surface area contributed by atoms with Crippen LogP contribution in [0.1, 0.15) is 24.8 Å². The minimum absolute atomic E-state index is 0. The van der Waals surface area contributed by atoms with Crippen molar-refractivity contribution in [2.75, 3.05) is 26.2 Å². The average Bonchev–Trinajstić information content (AvgIpc) is 2.73. The highest BCUT2D eigenvalue weighted by molar-refractivity contribution is 7.90. The van der Waals surface area contributed by atoms with Gasteiger partial charge in [0.2, 0.25) is 20.0 Å². The fourth-order valence-electron chi connectivity index (χ4n) is 3.75. The van der Waals surface area contributed by atoms with E-state index in [0.717, 1.165) is 31.3 Å². The maximum atomic E-state index is 12.4. The number of hydrogen-bond acceptors (Lipinski definition) is 5. The van der Waals surface area contributed by atoms with Gasteiger partial charge in [0.1, 0.15) is 5.60 Å². The third-order valence-electron chi connectivity index (χ3n) is 5.54. The summed E-state index contributed by atoms with van der Waals surface area (Å²) in [5.74, 6) is 0. The van der Waals surface area contributed by atoms with Gasteiger partial charge >= 0.3 is 0 Å². The van der Waals surface area contributed by atoms with E-state index in [0.29, 0.717) is 19.3 Å². The molecule has 0 amide bonds. The quantitative estimate of drug-likeness (QED) is 0.287. The molecule has 3 rings (SSSR count). The average molecular weight is 490 g/mol. The summed E-state index contributed by atoms with van der Waals surface area (Å²) >= 11 is 0. The lowest BCUT2D eigenvalue weighted by Gasteiger charge is -2.36. The van der Waals surface area contributed by atoms with Crippen LogP contribution in [0.5, 0.6) is 0 Å². The van der Waals surface area contributed by atoms with Crippen molar-refractivity contribution in [3.05, 3.63) is 60.2 Å². The number of primary sulfonamides is 1. The van der Waals surface area contributed by atoms with E-state index in [-0.39, 0.29) is 28.7 Å². The number of piperidine rings is 1. The molecule has 2 aromatic rings. The van der Waals surface area contributed by atoms with Crippen LogP contribution < -0.4 is 27.2 Å². The van der Waals surface area contributed by atoms with Crippen LogP contribution in [0.25, 0.3) is 0 Å². The predicted octanol–water partition coefficient (Wildman–Crippen LogP) is -3.43. The Hall–Kier alpha value is -1.53. The summed E-state index contributed by atoms with van der Waals surface area (Å²) in [6, 6.07) is 14.7. The van der Waals surface area contributed by atoms with Gasteiger partial charge in [-0.15, -0.1) is 0 Å². The van der Waals surface area contributed by atoms with E-state index in [2.05, 4.69) is 4.72 Å². The molecule has 1 saturated heterocycles. The molecule has 1 heterocycles. The number of quaternary nitrogens is 1. The Morgan fingerprint density at radius 1 is 0.968 bits per heavy atom.